The van der Waals surface area contributed by atoms with E-state index in [4.69, 9.17) is 4.55 Å². The van der Waals surface area contributed by atoms with E-state index in [-0.39, 0.29) is 0 Å². The first-order chi connectivity index (χ1) is 14.9. The summed E-state index contributed by atoms with van der Waals surface area (Å²) in [5.74, 6) is -0.629. The zero-order valence-electron chi connectivity index (χ0n) is 16.1. The number of ether oxygens (including phenoxy) is 1. The van der Waals surface area contributed by atoms with Crippen LogP contribution in [0.2, 0.25) is 0 Å². The molecule has 0 bridgehead atoms. The van der Waals surface area contributed by atoms with Crippen molar-refractivity contribution in [1.82, 2.24) is 0 Å². The molecule has 3 rings (SSSR count). The topological polar surface area (TPSA) is 63.6 Å². The van der Waals surface area contributed by atoms with Gasteiger partial charge in [0.25, 0.3) is 6.10 Å². The molecule has 0 aliphatic carbocycles. The Morgan fingerprint density at radius 1 is 0.719 bits per heavy atom. The third kappa shape index (κ3) is 5.22. The van der Waals surface area contributed by atoms with Gasteiger partial charge in [-0.15, -0.1) is 0 Å². The molecule has 3 aromatic carbocycles. The first kappa shape index (κ1) is 24.0. The van der Waals surface area contributed by atoms with E-state index in [0.717, 1.165) is 21.9 Å². The minimum absolute atomic E-state index is 0.629. The molecule has 0 aliphatic heterocycles. The molecule has 0 saturated carbocycles. The maximum absolute atomic E-state index is 13.7. The first-order valence-corrected chi connectivity index (χ1v) is 11.8. The van der Waals surface area contributed by atoms with Gasteiger partial charge in [0.1, 0.15) is 5.75 Å². The van der Waals surface area contributed by atoms with Crippen molar-refractivity contribution >= 4 is 21.0 Å². The smallest absolute Gasteiger partial charge is 0.432 e. The van der Waals surface area contributed by atoms with Gasteiger partial charge in [0.15, 0.2) is 0 Å². The van der Waals surface area contributed by atoms with Gasteiger partial charge < -0.3 is 4.74 Å². The Labute approximate surface area is 183 Å². The van der Waals surface area contributed by atoms with E-state index in [1.807, 2.05) is 60.7 Å². The minimum atomic E-state index is -6.37. The summed E-state index contributed by atoms with van der Waals surface area (Å²) in [6, 6.07) is 23.6. The van der Waals surface area contributed by atoms with E-state index in [1.165, 1.54) is 12.1 Å². The number of hydrogen-bond donors (Lipinski definition) is 2. The molecule has 172 valence electrons. The van der Waals surface area contributed by atoms with E-state index in [2.05, 4.69) is 4.74 Å². The molecule has 0 amide bonds. The van der Waals surface area contributed by atoms with Gasteiger partial charge in [0, 0.05) is 0 Å². The maximum atomic E-state index is 13.7. The number of thiol groups is 1. The van der Waals surface area contributed by atoms with Crippen molar-refractivity contribution in [3.63, 3.8) is 0 Å². The Hall–Kier alpha value is -2.63. The molecule has 1 unspecified atom stereocenters. The Morgan fingerprint density at radius 2 is 1.12 bits per heavy atom. The molecular formula is C21H17F5O4S2. The van der Waals surface area contributed by atoms with Crippen molar-refractivity contribution in [3.05, 3.63) is 84.9 Å². The van der Waals surface area contributed by atoms with E-state index < -0.39 is 44.3 Å². The van der Waals surface area contributed by atoms with Crippen molar-refractivity contribution in [2.45, 2.75) is 32.2 Å². The van der Waals surface area contributed by atoms with Gasteiger partial charge in [-0.25, -0.2) is 0 Å². The maximum Gasteiger partial charge on any atom is 0.432 e. The number of rotatable bonds is 7. The Morgan fingerprint density at radius 3 is 1.50 bits per heavy atom. The lowest BCUT2D eigenvalue weighted by atomic mass is 10.3. The average molecular weight is 492 g/mol. The Balaban J connectivity index is 1.96. The molecule has 0 saturated heterocycles. The van der Waals surface area contributed by atoms with Crippen LogP contribution in [0, 0.1) is 0 Å². The minimum Gasteiger partial charge on any atom is -0.473 e. The highest BCUT2D eigenvalue weighted by Crippen LogP contribution is 2.51. The molecule has 0 heterocycles. The molecule has 0 fully saturated rings. The van der Waals surface area contributed by atoms with Crippen LogP contribution in [0.4, 0.5) is 22.0 Å². The van der Waals surface area contributed by atoms with Gasteiger partial charge in [-0.2, -0.15) is 41.3 Å². The summed E-state index contributed by atoms with van der Waals surface area (Å²) in [7, 11) is -7.48. The molecule has 0 spiro atoms. The number of alkyl halides is 5. The molecule has 1 N–H and O–H groups in total. The standard InChI is InChI=1S/C21H17F5O4S2/c22-20(23,24)19(21(25,26)32(27,28)29)30-15-11-13-18(14-12-15)31(16-7-3-1-4-8-16)17-9-5-2-6-10-17/h1-14,19,31H,(H,27,28,29). The van der Waals surface area contributed by atoms with Crippen molar-refractivity contribution in [2.75, 3.05) is 0 Å². The molecule has 32 heavy (non-hydrogen) atoms. The summed E-state index contributed by atoms with van der Waals surface area (Å²) < 4.78 is 101. The second-order valence-electron chi connectivity index (χ2n) is 6.58. The van der Waals surface area contributed by atoms with Gasteiger partial charge in [0.2, 0.25) is 0 Å². The van der Waals surface area contributed by atoms with Crippen LogP contribution >= 0.6 is 10.9 Å². The molecule has 0 radical (unpaired) electrons. The van der Waals surface area contributed by atoms with Gasteiger partial charge in [0.05, 0.1) is 0 Å². The largest absolute Gasteiger partial charge is 0.473 e. The molecule has 0 aliphatic rings. The Kier molecular flexibility index (Phi) is 6.82. The average Bonchev–Trinajstić information content (AvgIpc) is 2.73. The summed E-state index contributed by atoms with van der Waals surface area (Å²) in [6.45, 7) is 0. The Bertz CT molecular complexity index is 1100. The third-order valence-corrected chi connectivity index (χ3v) is 7.67. The predicted octanol–water partition coefficient (Wildman–Crippen LogP) is 5.96. The predicted molar refractivity (Wildman–Crippen MR) is 110 cm³/mol. The van der Waals surface area contributed by atoms with Crippen LogP contribution < -0.4 is 4.74 Å². The number of hydrogen-bond acceptors (Lipinski definition) is 3. The molecular weight excluding hydrogens is 475 g/mol. The fourth-order valence-electron chi connectivity index (χ4n) is 2.87. The normalized spacial score (nSPS) is 14.0. The van der Waals surface area contributed by atoms with Gasteiger partial charge in [-0.05, 0) is 63.2 Å². The summed E-state index contributed by atoms with van der Waals surface area (Å²) in [5, 5.41) is -5.59. The summed E-state index contributed by atoms with van der Waals surface area (Å²) in [5.41, 5.74) is 0. The molecule has 11 heteroatoms. The van der Waals surface area contributed by atoms with Crippen molar-refractivity contribution in [2.24, 2.45) is 0 Å². The lowest BCUT2D eigenvalue weighted by Gasteiger charge is -2.27. The SMILES string of the molecule is O=S(=O)(O)C(F)(F)C(Oc1ccc([SH](c2ccccc2)c2ccccc2)cc1)C(F)(F)F. The first-order valence-electron chi connectivity index (χ1n) is 9.00. The zero-order valence-corrected chi connectivity index (χ0v) is 17.8. The van der Waals surface area contributed by atoms with Gasteiger partial charge in [-0.1, -0.05) is 36.4 Å². The highest BCUT2D eigenvalue weighted by molar-refractivity contribution is 8.17. The molecule has 1 atom stereocenters. The highest BCUT2D eigenvalue weighted by atomic mass is 32.2. The van der Waals surface area contributed by atoms with Crippen LogP contribution in [-0.2, 0) is 10.1 Å². The van der Waals surface area contributed by atoms with Crippen LogP contribution in [0.1, 0.15) is 0 Å². The van der Waals surface area contributed by atoms with E-state index in [1.54, 1.807) is 0 Å². The highest BCUT2D eigenvalue weighted by Gasteiger charge is 2.65. The van der Waals surface area contributed by atoms with Crippen molar-refractivity contribution in [3.8, 4) is 5.75 Å². The molecule has 4 nitrogen and oxygen atoms in total. The van der Waals surface area contributed by atoms with Crippen LogP contribution in [0.25, 0.3) is 0 Å². The fraction of sp³-hybridized carbons (Fsp3) is 0.143. The number of halogens is 5. The number of benzene rings is 3. The monoisotopic (exact) mass is 492 g/mol. The fourth-order valence-corrected chi connectivity index (χ4v) is 5.61. The van der Waals surface area contributed by atoms with E-state index in [0.29, 0.717) is 4.90 Å². The second-order valence-corrected chi connectivity index (χ2v) is 10.3. The van der Waals surface area contributed by atoms with Crippen LogP contribution in [0.5, 0.6) is 5.75 Å². The lowest BCUT2D eigenvalue weighted by molar-refractivity contribution is -0.239. The van der Waals surface area contributed by atoms with Crippen LogP contribution in [0.15, 0.2) is 99.6 Å². The van der Waals surface area contributed by atoms with Gasteiger partial charge >= 0.3 is 21.5 Å². The summed E-state index contributed by atoms with van der Waals surface area (Å²) >= 11 is 0. The van der Waals surface area contributed by atoms with Crippen LogP contribution in [-0.4, -0.2) is 30.5 Å². The van der Waals surface area contributed by atoms with E-state index in [9.17, 15) is 30.4 Å². The molecule has 3 aromatic rings. The second kappa shape index (κ2) is 9.08. The zero-order chi connectivity index (χ0) is 23.6. The summed E-state index contributed by atoms with van der Waals surface area (Å²) in [4.78, 5) is 2.61. The van der Waals surface area contributed by atoms with Gasteiger partial charge in [-0.3, -0.25) is 4.55 Å². The van der Waals surface area contributed by atoms with Crippen molar-refractivity contribution in [1.29, 1.82) is 0 Å². The van der Waals surface area contributed by atoms with Crippen LogP contribution in [0.3, 0.4) is 0 Å². The van der Waals surface area contributed by atoms with Crippen molar-refractivity contribution < 1.29 is 39.7 Å². The third-order valence-electron chi connectivity index (χ3n) is 4.32. The molecule has 0 aromatic heterocycles. The quantitative estimate of drug-likeness (QED) is 0.243. The van der Waals surface area contributed by atoms with E-state index >= 15 is 0 Å². The lowest BCUT2D eigenvalue weighted by Crippen LogP contribution is -2.53. The summed E-state index contributed by atoms with van der Waals surface area (Å²) in [6.07, 6.45) is -9.85.